The first kappa shape index (κ1) is 25.2. The van der Waals surface area contributed by atoms with E-state index in [1.165, 1.54) is 4.90 Å². The number of nitrogens with two attached hydrogens (primary N) is 1. The van der Waals surface area contributed by atoms with Gasteiger partial charge < -0.3 is 41.5 Å². The lowest BCUT2D eigenvalue weighted by Gasteiger charge is -2.43. The van der Waals surface area contributed by atoms with Gasteiger partial charge in [-0.05, 0) is 69.3 Å². The van der Waals surface area contributed by atoms with E-state index < -0.39 is 46.1 Å². The first-order valence-corrected chi connectivity index (χ1v) is 11.0. The van der Waals surface area contributed by atoms with Gasteiger partial charge in [0.1, 0.15) is 0 Å². The Labute approximate surface area is 196 Å². The molecule has 2 atom stereocenters. The van der Waals surface area contributed by atoms with Crippen LogP contribution in [0.4, 0.5) is 0 Å². The van der Waals surface area contributed by atoms with Gasteiger partial charge >= 0.3 is 0 Å². The molecular formula is C23H31ClN2O7. The van der Waals surface area contributed by atoms with Crippen molar-refractivity contribution in [2.45, 2.75) is 56.4 Å². The van der Waals surface area contributed by atoms with Crippen molar-refractivity contribution in [2.24, 2.45) is 5.73 Å². The van der Waals surface area contributed by atoms with E-state index in [-0.39, 0.29) is 18.0 Å². The highest BCUT2D eigenvalue weighted by molar-refractivity contribution is 6.30. The minimum Gasteiger partial charge on any atom is -0.504 e. The number of rotatable bonds is 7. The second-order valence-electron chi connectivity index (χ2n) is 9.30. The molecule has 0 saturated carbocycles. The van der Waals surface area contributed by atoms with Crippen LogP contribution in [-0.4, -0.2) is 65.7 Å². The summed E-state index contributed by atoms with van der Waals surface area (Å²) >= 11 is 6.24. The van der Waals surface area contributed by atoms with Crippen molar-refractivity contribution in [3.05, 3.63) is 39.9 Å². The maximum atomic E-state index is 10.5. The Morgan fingerprint density at radius 3 is 2.06 bits per heavy atom. The normalized spacial score (nSPS) is 18.7. The van der Waals surface area contributed by atoms with Crippen LogP contribution in [0.25, 0.3) is 0 Å². The van der Waals surface area contributed by atoms with Gasteiger partial charge in [-0.2, -0.15) is 0 Å². The summed E-state index contributed by atoms with van der Waals surface area (Å²) in [6.45, 7) is 3.37. The van der Waals surface area contributed by atoms with E-state index >= 15 is 0 Å². The second kappa shape index (κ2) is 8.73. The number of fused-ring (bicyclic) bond motifs is 1. The first-order valence-electron chi connectivity index (χ1n) is 10.6. The Balaban J connectivity index is 1.97. The third-order valence-electron chi connectivity index (χ3n) is 6.96. The Bertz CT molecular complexity index is 1030. The minimum atomic E-state index is -2.17. The predicted octanol–water partition coefficient (Wildman–Crippen LogP) is 2.57. The van der Waals surface area contributed by atoms with E-state index in [0.717, 1.165) is 11.1 Å². The van der Waals surface area contributed by atoms with Gasteiger partial charge in [0, 0.05) is 16.5 Å². The number of hydrogen-bond donors (Lipinski definition) is 8. The standard InChI is InChI=1S/C23H31ClN2O7/c1-22(2,26(3)23(32,33)10-25)7-6-11-8-15(13-5-4-12(24)9-14(11)13)16-17(27)19(29)21(31)20(30)18(16)28/h4-5,9,11,15,27-33H,6-8,10,25H2,1-3H3/t11-,15-/m1/s1. The zero-order valence-corrected chi connectivity index (χ0v) is 19.5. The van der Waals surface area contributed by atoms with Gasteiger partial charge in [0.15, 0.2) is 11.5 Å². The van der Waals surface area contributed by atoms with Crippen LogP contribution in [0.1, 0.15) is 61.6 Å². The number of aromatic hydroxyl groups is 5. The third kappa shape index (κ3) is 4.39. The molecule has 0 unspecified atom stereocenters. The summed E-state index contributed by atoms with van der Waals surface area (Å²) in [6.07, 6.45) is 1.56. The molecule has 0 aliphatic heterocycles. The summed E-state index contributed by atoms with van der Waals surface area (Å²) < 4.78 is 0. The lowest BCUT2D eigenvalue weighted by atomic mass is 9.86. The lowest BCUT2D eigenvalue weighted by Crippen LogP contribution is -2.60. The molecule has 1 aliphatic rings. The van der Waals surface area contributed by atoms with E-state index in [4.69, 9.17) is 17.3 Å². The highest BCUT2D eigenvalue weighted by atomic mass is 35.5. The number of benzene rings is 2. The number of aliphatic hydroxyl groups is 2. The Morgan fingerprint density at radius 2 is 1.52 bits per heavy atom. The van der Waals surface area contributed by atoms with Crippen LogP contribution in [0, 0.1) is 0 Å². The zero-order chi connectivity index (χ0) is 24.9. The summed E-state index contributed by atoms with van der Waals surface area (Å²) in [5, 5.41) is 71.6. The van der Waals surface area contributed by atoms with Crippen molar-refractivity contribution >= 4 is 11.6 Å². The minimum absolute atomic E-state index is 0.0851. The molecule has 0 bridgehead atoms. The highest BCUT2D eigenvalue weighted by Crippen LogP contribution is 2.58. The highest BCUT2D eigenvalue weighted by Gasteiger charge is 2.41. The molecule has 10 heteroatoms. The Kier molecular flexibility index (Phi) is 6.67. The molecule has 0 spiro atoms. The van der Waals surface area contributed by atoms with E-state index in [1.54, 1.807) is 25.2 Å². The fourth-order valence-corrected chi connectivity index (χ4v) is 4.83. The largest absolute Gasteiger partial charge is 0.504 e. The molecule has 182 valence electrons. The van der Waals surface area contributed by atoms with Crippen LogP contribution < -0.4 is 5.73 Å². The van der Waals surface area contributed by atoms with Crippen LogP contribution in [0.5, 0.6) is 28.7 Å². The van der Waals surface area contributed by atoms with Crippen molar-refractivity contribution in [1.29, 1.82) is 0 Å². The van der Waals surface area contributed by atoms with Crippen molar-refractivity contribution in [1.82, 2.24) is 4.90 Å². The summed E-state index contributed by atoms with van der Waals surface area (Å²) in [5.74, 6) is -7.07. The van der Waals surface area contributed by atoms with Gasteiger partial charge in [-0.3, -0.25) is 0 Å². The summed E-state index contributed by atoms with van der Waals surface area (Å²) in [4.78, 5) is 1.40. The van der Waals surface area contributed by atoms with Crippen LogP contribution >= 0.6 is 11.6 Å². The topological polar surface area (TPSA) is 171 Å². The molecule has 0 saturated heterocycles. The average Bonchev–Trinajstić information content (AvgIpc) is 3.11. The second-order valence-corrected chi connectivity index (χ2v) is 9.74. The molecule has 1 aliphatic carbocycles. The molecule has 0 fully saturated rings. The molecule has 2 aromatic rings. The van der Waals surface area contributed by atoms with Crippen LogP contribution in [0.15, 0.2) is 18.2 Å². The molecule has 9 N–H and O–H groups in total. The van der Waals surface area contributed by atoms with Crippen LogP contribution in [0.3, 0.4) is 0 Å². The Hall–Kier alpha value is -2.43. The quantitative estimate of drug-likeness (QED) is 0.168. The van der Waals surface area contributed by atoms with E-state index in [1.807, 2.05) is 13.8 Å². The van der Waals surface area contributed by atoms with Gasteiger partial charge in [0.05, 0.1) is 12.1 Å². The number of nitrogens with zero attached hydrogens (tertiary/aromatic N) is 1. The molecule has 2 aromatic carbocycles. The Morgan fingerprint density at radius 1 is 0.970 bits per heavy atom. The van der Waals surface area contributed by atoms with Crippen molar-refractivity contribution < 1.29 is 35.7 Å². The van der Waals surface area contributed by atoms with E-state index in [2.05, 4.69) is 0 Å². The summed E-state index contributed by atoms with van der Waals surface area (Å²) in [5.41, 5.74) is 6.40. The monoisotopic (exact) mass is 482 g/mol. The maximum absolute atomic E-state index is 10.5. The average molecular weight is 483 g/mol. The molecule has 3 rings (SSSR count). The number of phenolic OH excluding ortho intramolecular Hbond substituents is 5. The van der Waals surface area contributed by atoms with E-state index in [9.17, 15) is 35.7 Å². The molecule has 0 amide bonds. The SMILES string of the molecule is CN(C(C)(C)CC[C@@H]1C[C@@H](c2c(O)c(O)c(O)c(O)c2O)c2ccc(Cl)cc21)C(O)(O)CN. The fraction of sp³-hybridized carbons (Fsp3) is 0.478. The van der Waals surface area contributed by atoms with Gasteiger partial charge in [0.2, 0.25) is 23.2 Å². The van der Waals surface area contributed by atoms with Gasteiger partial charge in [0.25, 0.3) is 0 Å². The first-order chi connectivity index (χ1) is 15.2. The van der Waals surface area contributed by atoms with Gasteiger partial charge in [-0.1, -0.05) is 17.7 Å². The smallest absolute Gasteiger partial charge is 0.238 e. The zero-order valence-electron chi connectivity index (χ0n) is 18.7. The number of phenols is 5. The van der Waals surface area contributed by atoms with Crippen LogP contribution in [0.2, 0.25) is 5.02 Å². The molecular weight excluding hydrogens is 452 g/mol. The van der Waals surface area contributed by atoms with Gasteiger partial charge in [-0.25, -0.2) is 4.90 Å². The summed E-state index contributed by atoms with van der Waals surface area (Å²) in [6, 6.07) is 5.24. The number of likely N-dealkylation sites (N-methyl/N-ethyl adjacent to an activating group) is 1. The van der Waals surface area contributed by atoms with Crippen molar-refractivity contribution in [3.8, 4) is 28.7 Å². The number of hydrogen-bond acceptors (Lipinski definition) is 9. The summed E-state index contributed by atoms with van der Waals surface area (Å²) in [7, 11) is 1.58. The maximum Gasteiger partial charge on any atom is 0.238 e. The number of halogens is 1. The molecule has 0 heterocycles. The fourth-order valence-electron chi connectivity index (χ4n) is 4.65. The third-order valence-corrected chi connectivity index (χ3v) is 7.20. The predicted molar refractivity (Wildman–Crippen MR) is 123 cm³/mol. The lowest BCUT2D eigenvalue weighted by molar-refractivity contribution is -0.272. The van der Waals surface area contributed by atoms with Crippen molar-refractivity contribution in [3.63, 3.8) is 0 Å². The molecule has 0 radical (unpaired) electrons. The van der Waals surface area contributed by atoms with E-state index in [0.29, 0.717) is 24.3 Å². The van der Waals surface area contributed by atoms with Gasteiger partial charge in [-0.15, -0.1) is 0 Å². The molecule has 9 nitrogen and oxygen atoms in total. The molecule has 33 heavy (non-hydrogen) atoms. The van der Waals surface area contributed by atoms with Crippen molar-refractivity contribution in [2.75, 3.05) is 13.6 Å². The molecule has 0 aromatic heterocycles. The van der Waals surface area contributed by atoms with Crippen LogP contribution in [-0.2, 0) is 0 Å².